The maximum absolute atomic E-state index is 5.80. The van der Waals surface area contributed by atoms with E-state index in [0.717, 1.165) is 29.0 Å². The first kappa shape index (κ1) is 43.1. The van der Waals surface area contributed by atoms with Crippen molar-refractivity contribution in [3.63, 3.8) is 0 Å². The largest absolute Gasteiger partial charge is 0.489 e. The number of allylic oxidation sites excluding steroid dienone is 2. The normalized spacial score (nSPS) is 10.4. The highest BCUT2D eigenvalue weighted by Crippen LogP contribution is 2.15. The summed E-state index contributed by atoms with van der Waals surface area (Å²) in [5, 5.41) is 0. The molecule has 0 aliphatic carbocycles. The van der Waals surface area contributed by atoms with Gasteiger partial charge in [-0.15, -0.1) is 0 Å². The fraction of sp³-hybridized carbons (Fsp3) is 0.366. The van der Waals surface area contributed by atoms with Gasteiger partial charge in [0.2, 0.25) is 0 Å². The van der Waals surface area contributed by atoms with Crippen LogP contribution in [0.5, 0.6) is 5.75 Å². The Morgan fingerprint density at radius 3 is 1.64 bits per heavy atom. The molecule has 0 radical (unpaired) electrons. The van der Waals surface area contributed by atoms with Crippen LogP contribution < -0.4 is 10.5 Å². The van der Waals surface area contributed by atoms with Crippen LogP contribution in [0.1, 0.15) is 97.4 Å². The van der Waals surface area contributed by atoms with E-state index in [1.807, 2.05) is 108 Å². The lowest BCUT2D eigenvalue weighted by Gasteiger charge is -2.11. The van der Waals surface area contributed by atoms with Crippen LogP contribution in [0.2, 0.25) is 0 Å². The molecule has 3 rings (SSSR count). The minimum absolute atomic E-state index is 0. The molecule has 0 aliphatic heterocycles. The summed E-state index contributed by atoms with van der Waals surface area (Å²) >= 11 is 0. The van der Waals surface area contributed by atoms with Crippen molar-refractivity contribution < 1.29 is 4.74 Å². The van der Waals surface area contributed by atoms with Gasteiger partial charge >= 0.3 is 0 Å². The third kappa shape index (κ3) is 29.8. The summed E-state index contributed by atoms with van der Waals surface area (Å²) in [5.41, 5.74) is 9.83. The lowest BCUT2D eigenvalue weighted by molar-refractivity contribution is 0.306. The van der Waals surface area contributed by atoms with E-state index in [1.165, 1.54) is 18.4 Å². The zero-order valence-corrected chi connectivity index (χ0v) is 29.7. The number of nitrogens with zero attached hydrogens (tertiary/aromatic N) is 2. The summed E-state index contributed by atoms with van der Waals surface area (Å²) in [6, 6.07) is 26.4. The van der Waals surface area contributed by atoms with Crippen molar-refractivity contribution in [3.8, 4) is 5.75 Å². The Kier molecular flexibility index (Phi) is 25.3. The highest BCUT2D eigenvalue weighted by atomic mass is 16.5. The van der Waals surface area contributed by atoms with E-state index < -0.39 is 0 Å². The number of rotatable bonds is 10. The predicted molar refractivity (Wildman–Crippen MR) is 204 cm³/mol. The minimum Gasteiger partial charge on any atom is -0.489 e. The number of aliphatic imine (C=N–C) groups is 2. The Balaban J connectivity index is 0. The van der Waals surface area contributed by atoms with E-state index in [-0.39, 0.29) is 11.1 Å². The molecule has 0 atom stereocenters. The van der Waals surface area contributed by atoms with Crippen LogP contribution in [-0.4, -0.2) is 30.1 Å². The average Bonchev–Trinajstić information content (AvgIpc) is 3.02. The molecule has 0 spiro atoms. The third-order valence-corrected chi connectivity index (χ3v) is 4.95. The van der Waals surface area contributed by atoms with Gasteiger partial charge in [0.1, 0.15) is 12.4 Å². The van der Waals surface area contributed by atoms with Crippen LogP contribution in [0, 0.1) is 0 Å². The molecule has 0 bridgehead atoms. The highest BCUT2D eigenvalue weighted by molar-refractivity contribution is 5.80. The highest BCUT2D eigenvalue weighted by Gasteiger charge is 2.04. The molecule has 4 heteroatoms. The van der Waals surface area contributed by atoms with E-state index >= 15 is 0 Å². The molecular weight excluding hydrogens is 550 g/mol. The first-order chi connectivity index (χ1) is 21.3. The zero-order valence-electron chi connectivity index (χ0n) is 29.7. The lowest BCUT2D eigenvalue weighted by Crippen LogP contribution is -2.26. The minimum atomic E-state index is -0.0488. The molecule has 3 aromatic carbocycles. The van der Waals surface area contributed by atoms with Gasteiger partial charge in [0.05, 0.1) is 5.54 Å². The first-order valence-electron chi connectivity index (χ1n) is 15.9. The van der Waals surface area contributed by atoms with E-state index in [1.54, 1.807) is 12.2 Å². The fourth-order valence-corrected chi connectivity index (χ4v) is 2.79. The topological polar surface area (TPSA) is 60.0 Å². The van der Waals surface area contributed by atoms with Gasteiger partial charge in [-0.2, -0.15) is 0 Å². The van der Waals surface area contributed by atoms with Gasteiger partial charge in [0, 0.05) is 24.5 Å². The van der Waals surface area contributed by atoms with Gasteiger partial charge in [-0.05, 0) is 94.5 Å². The molecular formula is C41H61N3O. The molecule has 0 heterocycles. The summed E-state index contributed by atoms with van der Waals surface area (Å²) in [6.45, 7) is 30.3. The number of hydrogen-bond acceptors (Lipinski definition) is 4. The molecule has 0 unspecified atom stereocenters. The standard InChI is InChI=1S/C20H23NO.C11H15N.C4H11N.C4H6.C2H6/c1-5-16-6-8-18(9-7-16)15-22-19-12-10-17(11-13-19)14-21-20(2,3)4;1-2-3-9-12-10-11-7-5-4-6-8-11;1-4(2,3)5;1-3-4-2;1-2/h5-14H,1,15H2,2-4H3;4-8,10H,2-3,9H2,1H3;5H2,1-3H3;3-4H,1-2H2;1-2H3. The molecule has 45 heavy (non-hydrogen) atoms. The fourth-order valence-electron chi connectivity index (χ4n) is 2.79. The molecule has 0 saturated carbocycles. The molecule has 0 amide bonds. The Morgan fingerprint density at radius 2 is 1.20 bits per heavy atom. The maximum atomic E-state index is 5.80. The summed E-state index contributed by atoms with van der Waals surface area (Å²) in [5.74, 6) is 0.862. The number of benzene rings is 3. The second-order valence-electron chi connectivity index (χ2n) is 11.9. The number of unbranched alkanes of at least 4 members (excludes halogenated alkanes) is 1. The molecule has 246 valence electrons. The second-order valence-corrected chi connectivity index (χ2v) is 11.9. The van der Waals surface area contributed by atoms with Crippen LogP contribution in [0.3, 0.4) is 0 Å². The van der Waals surface area contributed by atoms with Crippen LogP contribution in [-0.2, 0) is 6.61 Å². The molecule has 0 saturated heterocycles. The Morgan fingerprint density at radius 1 is 0.711 bits per heavy atom. The van der Waals surface area contributed by atoms with Crippen molar-refractivity contribution in [2.45, 2.75) is 92.8 Å². The molecule has 0 fully saturated rings. The van der Waals surface area contributed by atoms with Gasteiger partial charge in [0.15, 0.2) is 0 Å². The van der Waals surface area contributed by atoms with Crippen LogP contribution in [0.4, 0.5) is 0 Å². The van der Waals surface area contributed by atoms with Crippen molar-refractivity contribution in [2.75, 3.05) is 6.54 Å². The third-order valence-electron chi connectivity index (χ3n) is 4.95. The van der Waals surface area contributed by atoms with Crippen LogP contribution in [0.15, 0.2) is 121 Å². The van der Waals surface area contributed by atoms with Crippen molar-refractivity contribution in [3.05, 3.63) is 133 Å². The Bertz CT molecular complexity index is 1180. The number of ether oxygens (including phenoxy) is 1. The smallest absolute Gasteiger partial charge is 0.119 e. The predicted octanol–water partition coefficient (Wildman–Crippen LogP) is 11.2. The van der Waals surface area contributed by atoms with E-state index in [4.69, 9.17) is 10.5 Å². The summed E-state index contributed by atoms with van der Waals surface area (Å²) in [7, 11) is 0. The first-order valence-corrected chi connectivity index (χ1v) is 15.9. The quantitative estimate of drug-likeness (QED) is 0.141. The van der Waals surface area contributed by atoms with Gasteiger partial charge in [-0.1, -0.05) is 120 Å². The summed E-state index contributed by atoms with van der Waals surface area (Å²) < 4.78 is 5.80. The van der Waals surface area contributed by atoms with Crippen molar-refractivity contribution in [2.24, 2.45) is 15.7 Å². The summed E-state index contributed by atoms with van der Waals surface area (Å²) in [6.07, 6.45) is 11.4. The van der Waals surface area contributed by atoms with Crippen molar-refractivity contribution in [1.29, 1.82) is 0 Å². The maximum Gasteiger partial charge on any atom is 0.119 e. The van der Waals surface area contributed by atoms with Crippen molar-refractivity contribution >= 4 is 18.5 Å². The van der Waals surface area contributed by atoms with Gasteiger partial charge in [-0.25, -0.2) is 0 Å². The number of nitrogens with two attached hydrogens (primary N) is 1. The number of hydrogen-bond donors (Lipinski definition) is 1. The van der Waals surface area contributed by atoms with Gasteiger partial charge in [-0.3, -0.25) is 9.98 Å². The van der Waals surface area contributed by atoms with Crippen LogP contribution in [0.25, 0.3) is 6.08 Å². The molecule has 2 N–H and O–H groups in total. The van der Waals surface area contributed by atoms with Crippen molar-refractivity contribution in [1.82, 2.24) is 0 Å². The Labute approximate surface area is 276 Å². The van der Waals surface area contributed by atoms with E-state index in [2.05, 4.69) is 81.7 Å². The monoisotopic (exact) mass is 611 g/mol. The van der Waals surface area contributed by atoms with E-state index in [9.17, 15) is 0 Å². The molecule has 0 aliphatic rings. The molecule has 3 aromatic rings. The zero-order chi connectivity index (χ0) is 34.6. The summed E-state index contributed by atoms with van der Waals surface area (Å²) in [4.78, 5) is 8.80. The molecule has 0 aromatic heterocycles. The van der Waals surface area contributed by atoms with Crippen LogP contribution >= 0.6 is 0 Å². The molecule has 4 nitrogen and oxygen atoms in total. The van der Waals surface area contributed by atoms with Gasteiger partial charge < -0.3 is 10.5 Å². The average molecular weight is 612 g/mol. The van der Waals surface area contributed by atoms with E-state index in [0.29, 0.717) is 6.61 Å². The second kappa shape index (κ2) is 26.4. The van der Waals surface area contributed by atoms with Gasteiger partial charge in [0.25, 0.3) is 0 Å². The SMILES string of the molecule is C=CC=C.C=Cc1ccc(COc2ccc(C=NC(C)(C)C)cc2)cc1.CC.CC(C)(C)N.CCCCN=Cc1ccccc1. The lowest BCUT2D eigenvalue weighted by atomic mass is 10.1. The Hall–Kier alpha value is -4.02.